The maximum atomic E-state index is 12.7. The minimum absolute atomic E-state index is 0.0265. The number of halogens is 2. The van der Waals surface area contributed by atoms with E-state index in [2.05, 4.69) is 10.2 Å². The molecule has 1 aliphatic heterocycles. The summed E-state index contributed by atoms with van der Waals surface area (Å²) in [5.74, 6) is -0.830. The van der Waals surface area contributed by atoms with Gasteiger partial charge in [-0.3, -0.25) is 9.69 Å². The van der Waals surface area contributed by atoms with E-state index in [1.165, 1.54) is 12.1 Å². The summed E-state index contributed by atoms with van der Waals surface area (Å²) in [6.45, 7) is 4.06. The highest BCUT2D eigenvalue weighted by Gasteiger charge is 2.25. The second-order valence-corrected chi connectivity index (χ2v) is 9.57. The molecule has 1 fully saturated rings. The van der Waals surface area contributed by atoms with Crippen LogP contribution in [0.4, 0.5) is 0 Å². The zero-order chi connectivity index (χ0) is 21.9. The Labute approximate surface area is 186 Å². The van der Waals surface area contributed by atoms with Crippen LogP contribution in [0.25, 0.3) is 0 Å². The Bertz CT molecular complexity index is 1030. The number of primary sulfonamides is 1. The SMILES string of the molecule is CC(C(=O)N[C@@H]1CN(Cc2ccc(Cl)c(Cl)c2)CCO1)c1cccc(S(N)(=O)=O)c1. The van der Waals surface area contributed by atoms with Crippen LogP contribution in [-0.2, 0) is 26.1 Å². The molecule has 3 rings (SSSR count). The normalized spacial score (nSPS) is 18.7. The molecule has 2 aromatic rings. The molecule has 30 heavy (non-hydrogen) atoms. The Morgan fingerprint density at radius 2 is 2.03 bits per heavy atom. The quantitative estimate of drug-likeness (QED) is 0.673. The van der Waals surface area contributed by atoms with E-state index in [4.69, 9.17) is 33.1 Å². The Balaban J connectivity index is 1.61. The van der Waals surface area contributed by atoms with Crippen LogP contribution in [0.2, 0.25) is 10.0 Å². The fourth-order valence-corrected chi connectivity index (χ4v) is 4.11. The van der Waals surface area contributed by atoms with Crippen molar-refractivity contribution in [1.82, 2.24) is 10.2 Å². The minimum atomic E-state index is -3.84. The summed E-state index contributed by atoms with van der Waals surface area (Å²) in [5.41, 5.74) is 1.58. The monoisotopic (exact) mass is 471 g/mol. The molecule has 0 aliphatic carbocycles. The standard InChI is InChI=1S/C20H23Cl2N3O4S/c1-13(15-3-2-4-16(10-15)30(23,27)28)20(26)24-19-12-25(7-8-29-19)11-14-5-6-17(21)18(22)9-14/h2-6,9-10,13,19H,7-8,11-12H2,1H3,(H,24,26)(H2,23,27,28)/t13?,19-/m0/s1. The van der Waals surface area contributed by atoms with Gasteiger partial charge in [0.05, 0.1) is 27.5 Å². The lowest BCUT2D eigenvalue weighted by molar-refractivity contribution is -0.129. The van der Waals surface area contributed by atoms with Crippen molar-refractivity contribution in [3.63, 3.8) is 0 Å². The lowest BCUT2D eigenvalue weighted by atomic mass is 10.0. The number of rotatable bonds is 6. The number of nitrogens with zero attached hydrogens (tertiary/aromatic N) is 1. The summed E-state index contributed by atoms with van der Waals surface area (Å²) in [6.07, 6.45) is -0.474. The fraction of sp³-hybridized carbons (Fsp3) is 0.350. The molecule has 3 N–H and O–H groups in total. The van der Waals surface area contributed by atoms with Gasteiger partial charge in [0.15, 0.2) is 0 Å². The third kappa shape index (κ3) is 5.94. The van der Waals surface area contributed by atoms with Crippen molar-refractivity contribution < 1.29 is 17.9 Å². The lowest BCUT2D eigenvalue weighted by Gasteiger charge is -2.33. The van der Waals surface area contributed by atoms with Gasteiger partial charge >= 0.3 is 0 Å². The summed E-state index contributed by atoms with van der Waals surface area (Å²) in [7, 11) is -3.84. The molecule has 1 unspecified atom stereocenters. The van der Waals surface area contributed by atoms with Crippen molar-refractivity contribution in [2.24, 2.45) is 5.14 Å². The molecule has 1 saturated heterocycles. The number of sulfonamides is 1. The smallest absolute Gasteiger partial charge is 0.238 e. The number of nitrogens with two attached hydrogens (primary N) is 1. The van der Waals surface area contributed by atoms with E-state index in [-0.39, 0.29) is 10.8 Å². The van der Waals surface area contributed by atoms with Gasteiger partial charge in [-0.05, 0) is 42.3 Å². The fourth-order valence-electron chi connectivity index (χ4n) is 3.23. The van der Waals surface area contributed by atoms with Crippen LogP contribution in [-0.4, -0.2) is 45.1 Å². The first-order valence-electron chi connectivity index (χ1n) is 9.34. The van der Waals surface area contributed by atoms with E-state index in [0.717, 1.165) is 12.1 Å². The predicted octanol–water partition coefficient (Wildman–Crippen LogP) is 2.72. The van der Waals surface area contributed by atoms with Crippen molar-refractivity contribution in [3.8, 4) is 0 Å². The molecule has 1 amide bonds. The van der Waals surface area contributed by atoms with Crippen LogP contribution in [0.1, 0.15) is 24.0 Å². The Morgan fingerprint density at radius 3 is 2.73 bits per heavy atom. The van der Waals surface area contributed by atoms with E-state index < -0.39 is 22.2 Å². The topological polar surface area (TPSA) is 102 Å². The van der Waals surface area contributed by atoms with Crippen molar-refractivity contribution >= 4 is 39.1 Å². The van der Waals surface area contributed by atoms with Gasteiger partial charge in [-0.2, -0.15) is 0 Å². The van der Waals surface area contributed by atoms with Gasteiger partial charge < -0.3 is 10.1 Å². The second-order valence-electron chi connectivity index (χ2n) is 7.19. The predicted molar refractivity (Wildman–Crippen MR) is 116 cm³/mol. The third-order valence-electron chi connectivity index (χ3n) is 4.92. The zero-order valence-electron chi connectivity index (χ0n) is 16.3. The molecule has 7 nitrogen and oxygen atoms in total. The molecule has 0 saturated carbocycles. The van der Waals surface area contributed by atoms with Crippen LogP contribution in [0.5, 0.6) is 0 Å². The first-order valence-corrected chi connectivity index (χ1v) is 11.6. The number of amides is 1. The van der Waals surface area contributed by atoms with Gasteiger partial charge in [0.1, 0.15) is 6.23 Å². The summed E-state index contributed by atoms with van der Waals surface area (Å²) < 4.78 is 28.8. The third-order valence-corrected chi connectivity index (χ3v) is 6.57. The van der Waals surface area contributed by atoms with Crippen molar-refractivity contribution in [1.29, 1.82) is 0 Å². The number of morpholine rings is 1. The van der Waals surface area contributed by atoms with Gasteiger partial charge in [-0.1, -0.05) is 41.4 Å². The van der Waals surface area contributed by atoms with E-state index in [9.17, 15) is 13.2 Å². The Kier molecular flexibility index (Phi) is 7.38. The minimum Gasteiger partial charge on any atom is -0.356 e. The van der Waals surface area contributed by atoms with E-state index in [1.54, 1.807) is 25.1 Å². The van der Waals surface area contributed by atoms with Crippen LogP contribution >= 0.6 is 23.2 Å². The van der Waals surface area contributed by atoms with Gasteiger partial charge in [-0.25, -0.2) is 13.6 Å². The van der Waals surface area contributed by atoms with Gasteiger partial charge in [0.25, 0.3) is 0 Å². The molecule has 162 valence electrons. The molecule has 0 aromatic heterocycles. The number of benzene rings is 2. The molecular weight excluding hydrogens is 449 g/mol. The first kappa shape index (κ1) is 23.0. The van der Waals surface area contributed by atoms with Gasteiger partial charge in [0.2, 0.25) is 15.9 Å². The maximum Gasteiger partial charge on any atom is 0.238 e. The van der Waals surface area contributed by atoms with Crippen molar-refractivity contribution in [3.05, 3.63) is 63.6 Å². The second kappa shape index (κ2) is 9.64. The number of hydrogen-bond donors (Lipinski definition) is 2. The number of nitrogens with one attached hydrogen (secondary N) is 1. The highest BCUT2D eigenvalue weighted by molar-refractivity contribution is 7.89. The molecule has 2 atom stereocenters. The summed E-state index contributed by atoms with van der Waals surface area (Å²) >= 11 is 12.0. The van der Waals surface area contributed by atoms with Crippen molar-refractivity contribution in [2.45, 2.75) is 30.5 Å². The van der Waals surface area contributed by atoms with Crippen LogP contribution in [0.3, 0.4) is 0 Å². The maximum absolute atomic E-state index is 12.7. The summed E-state index contributed by atoms with van der Waals surface area (Å²) in [6, 6.07) is 11.6. The molecule has 0 bridgehead atoms. The average molecular weight is 472 g/mol. The summed E-state index contributed by atoms with van der Waals surface area (Å²) in [5, 5.41) is 9.07. The van der Waals surface area contributed by atoms with Crippen LogP contribution < -0.4 is 10.5 Å². The highest BCUT2D eigenvalue weighted by Crippen LogP contribution is 2.24. The van der Waals surface area contributed by atoms with Gasteiger partial charge in [0, 0.05) is 19.6 Å². The average Bonchev–Trinajstić information content (AvgIpc) is 2.70. The Morgan fingerprint density at radius 1 is 1.27 bits per heavy atom. The summed E-state index contributed by atoms with van der Waals surface area (Å²) in [4.78, 5) is 14.8. The van der Waals surface area contributed by atoms with E-state index in [1.807, 2.05) is 12.1 Å². The Hall–Kier alpha value is -1.68. The number of ether oxygens (including phenoxy) is 1. The lowest BCUT2D eigenvalue weighted by Crippen LogP contribution is -2.51. The first-order chi connectivity index (χ1) is 14.1. The molecule has 2 aromatic carbocycles. The molecular formula is C20H23Cl2N3O4S. The van der Waals surface area contributed by atoms with Gasteiger partial charge in [-0.15, -0.1) is 0 Å². The number of hydrogen-bond acceptors (Lipinski definition) is 5. The molecule has 0 radical (unpaired) electrons. The van der Waals surface area contributed by atoms with E-state index >= 15 is 0 Å². The van der Waals surface area contributed by atoms with Crippen LogP contribution in [0.15, 0.2) is 47.4 Å². The number of carbonyl (C=O) groups excluding carboxylic acids is 1. The van der Waals surface area contributed by atoms with Crippen molar-refractivity contribution in [2.75, 3.05) is 19.7 Å². The largest absolute Gasteiger partial charge is 0.356 e. The molecule has 10 heteroatoms. The number of carbonyl (C=O) groups is 1. The van der Waals surface area contributed by atoms with E-state index in [0.29, 0.717) is 35.3 Å². The zero-order valence-corrected chi connectivity index (χ0v) is 18.7. The molecule has 1 heterocycles. The van der Waals surface area contributed by atoms with Crippen LogP contribution in [0, 0.1) is 0 Å². The highest BCUT2D eigenvalue weighted by atomic mass is 35.5. The molecule has 0 spiro atoms. The molecule has 1 aliphatic rings.